The summed E-state index contributed by atoms with van der Waals surface area (Å²) >= 11 is 7.83. The Morgan fingerprint density at radius 1 is 1.00 bits per heavy atom. The van der Waals surface area contributed by atoms with Crippen LogP contribution >= 0.6 is 22.9 Å². The van der Waals surface area contributed by atoms with Crippen molar-refractivity contribution in [1.29, 1.82) is 0 Å². The number of anilines is 1. The van der Waals surface area contributed by atoms with Gasteiger partial charge in [0.1, 0.15) is 5.82 Å². The molecule has 34 heavy (non-hydrogen) atoms. The molecule has 7 nitrogen and oxygen atoms in total. The van der Waals surface area contributed by atoms with Gasteiger partial charge in [0, 0.05) is 42.5 Å². The lowest BCUT2D eigenvalue weighted by Gasteiger charge is -2.26. The topological polar surface area (TPSA) is 66.6 Å². The molecule has 0 spiro atoms. The number of carbonyl (C=O) groups is 1. The molecule has 0 unspecified atom stereocenters. The molecule has 3 aromatic heterocycles. The highest BCUT2D eigenvalue weighted by Gasteiger charge is 2.28. The highest BCUT2D eigenvalue weighted by atomic mass is 35.5. The van der Waals surface area contributed by atoms with Crippen molar-refractivity contribution < 1.29 is 4.79 Å². The van der Waals surface area contributed by atoms with E-state index < -0.39 is 0 Å². The van der Waals surface area contributed by atoms with Crippen molar-refractivity contribution in [2.75, 3.05) is 31.1 Å². The van der Waals surface area contributed by atoms with E-state index in [1.807, 2.05) is 40.6 Å². The van der Waals surface area contributed by atoms with Crippen LogP contribution in [-0.2, 0) is 0 Å². The van der Waals surface area contributed by atoms with E-state index in [1.165, 1.54) is 30.6 Å². The van der Waals surface area contributed by atoms with Gasteiger partial charge in [0.2, 0.25) is 5.95 Å². The average molecular weight is 495 g/mol. The molecule has 6 rings (SSSR count). The Kier molecular flexibility index (Phi) is 5.87. The van der Waals surface area contributed by atoms with Gasteiger partial charge in [-0.05, 0) is 48.9 Å². The number of thiophene rings is 1. The molecule has 0 N–H and O–H groups in total. The Morgan fingerprint density at radius 3 is 2.71 bits per heavy atom. The molecule has 176 valence electrons. The van der Waals surface area contributed by atoms with Crippen molar-refractivity contribution in [3.63, 3.8) is 0 Å². The van der Waals surface area contributed by atoms with Crippen LogP contribution in [-0.4, -0.2) is 56.6 Å². The molecular weight excluding hydrogens is 468 g/mol. The van der Waals surface area contributed by atoms with Gasteiger partial charge < -0.3 is 9.80 Å². The Balaban J connectivity index is 1.40. The second-order valence-electron chi connectivity index (χ2n) is 9.24. The zero-order chi connectivity index (χ0) is 23.1. The average Bonchev–Trinajstić information content (AvgIpc) is 3.49. The van der Waals surface area contributed by atoms with Gasteiger partial charge in [0.15, 0.2) is 5.65 Å². The fraction of sp³-hybridized carbons (Fsp3) is 0.440. The predicted molar refractivity (Wildman–Crippen MR) is 136 cm³/mol. The summed E-state index contributed by atoms with van der Waals surface area (Å²) in [5, 5.41) is 12.9. The fourth-order valence-electron chi connectivity index (χ4n) is 5.33. The number of benzene rings is 1. The number of aromatic nitrogens is 4. The van der Waals surface area contributed by atoms with Crippen LogP contribution < -0.4 is 4.90 Å². The Bertz CT molecular complexity index is 1330. The molecule has 1 amide bonds. The molecule has 2 aliphatic rings. The minimum absolute atomic E-state index is 0.118. The minimum Gasteiger partial charge on any atom is -0.340 e. The SMILES string of the molecule is O=C(c1cccs1)N1CCCN(c2nc3cc(Cl)ccc3c3nnc(C4CCCCC4)n23)CC1. The number of amides is 1. The highest BCUT2D eigenvalue weighted by Crippen LogP contribution is 2.35. The van der Waals surface area contributed by atoms with E-state index in [2.05, 4.69) is 14.4 Å². The molecule has 0 radical (unpaired) electrons. The van der Waals surface area contributed by atoms with Crippen molar-refractivity contribution in [3.8, 4) is 0 Å². The van der Waals surface area contributed by atoms with Gasteiger partial charge in [-0.1, -0.05) is 36.9 Å². The van der Waals surface area contributed by atoms with Crippen LogP contribution in [0.15, 0.2) is 35.7 Å². The van der Waals surface area contributed by atoms with E-state index in [4.69, 9.17) is 21.7 Å². The van der Waals surface area contributed by atoms with Gasteiger partial charge in [-0.3, -0.25) is 4.79 Å². The van der Waals surface area contributed by atoms with E-state index in [0.29, 0.717) is 24.0 Å². The summed E-state index contributed by atoms with van der Waals surface area (Å²) in [6, 6.07) is 9.62. The number of hydrogen-bond acceptors (Lipinski definition) is 6. The van der Waals surface area contributed by atoms with Crippen LogP contribution in [0.5, 0.6) is 0 Å². The third-order valence-electron chi connectivity index (χ3n) is 7.08. The molecule has 0 bridgehead atoms. The first-order valence-electron chi connectivity index (χ1n) is 12.1. The van der Waals surface area contributed by atoms with Crippen LogP contribution in [0.1, 0.15) is 59.9 Å². The van der Waals surface area contributed by atoms with Gasteiger partial charge in [-0.15, -0.1) is 21.5 Å². The summed E-state index contributed by atoms with van der Waals surface area (Å²) in [5.41, 5.74) is 1.67. The van der Waals surface area contributed by atoms with Crippen LogP contribution in [0.25, 0.3) is 16.6 Å². The van der Waals surface area contributed by atoms with Crippen molar-refractivity contribution in [2.45, 2.75) is 44.4 Å². The third-order valence-corrected chi connectivity index (χ3v) is 8.17. The summed E-state index contributed by atoms with van der Waals surface area (Å²) in [6.45, 7) is 2.94. The summed E-state index contributed by atoms with van der Waals surface area (Å²) in [4.78, 5) is 23.1. The van der Waals surface area contributed by atoms with Gasteiger partial charge in [0.05, 0.1) is 10.4 Å². The van der Waals surface area contributed by atoms with Crippen LogP contribution in [0.4, 0.5) is 5.95 Å². The van der Waals surface area contributed by atoms with E-state index in [1.54, 1.807) is 0 Å². The zero-order valence-electron chi connectivity index (χ0n) is 19.0. The highest BCUT2D eigenvalue weighted by molar-refractivity contribution is 7.12. The molecule has 1 aliphatic carbocycles. The molecule has 1 saturated heterocycles. The summed E-state index contributed by atoms with van der Waals surface area (Å²) in [5.74, 6) is 2.40. The summed E-state index contributed by atoms with van der Waals surface area (Å²) in [6.07, 6.45) is 6.92. The number of rotatable bonds is 3. The van der Waals surface area contributed by atoms with Crippen LogP contribution in [0.3, 0.4) is 0 Å². The maximum Gasteiger partial charge on any atom is 0.263 e. The van der Waals surface area contributed by atoms with Gasteiger partial charge in [-0.25, -0.2) is 9.38 Å². The molecule has 4 heterocycles. The van der Waals surface area contributed by atoms with Gasteiger partial charge >= 0.3 is 0 Å². The Labute approximate surface area is 207 Å². The fourth-order valence-corrected chi connectivity index (χ4v) is 6.18. The first-order valence-corrected chi connectivity index (χ1v) is 13.4. The second kappa shape index (κ2) is 9.15. The zero-order valence-corrected chi connectivity index (χ0v) is 20.6. The molecule has 0 atom stereocenters. The normalized spacial score (nSPS) is 18.0. The lowest BCUT2D eigenvalue weighted by molar-refractivity contribution is 0.0772. The lowest BCUT2D eigenvalue weighted by Crippen LogP contribution is -2.35. The van der Waals surface area contributed by atoms with Crippen LogP contribution in [0, 0.1) is 0 Å². The smallest absolute Gasteiger partial charge is 0.263 e. The molecular formula is C25H27ClN6OS. The number of carbonyl (C=O) groups excluding carboxylic acids is 1. The molecule has 2 fully saturated rings. The maximum absolute atomic E-state index is 13.0. The lowest BCUT2D eigenvalue weighted by atomic mass is 9.89. The molecule has 1 aliphatic heterocycles. The Hall–Kier alpha value is -2.71. The van der Waals surface area contributed by atoms with Crippen molar-refractivity contribution in [2.24, 2.45) is 0 Å². The number of nitrogens with zero attached hydrogens (tertiary/aromatic N) is 6. The number of halogens is 1. The molecule has 9 heteroatoms. The van der Waals surface area contributed by atoms with E-state index >= 15 is 0 Å². The number of fused-ring (bicyclic) bond motifs is 3. The van der Waals surface area contributed by atoms with E-state index in [9.17, 15) is 4.79 Å². The van der Waals surface area contributed by atoms with E-state index in [0.717, 1.165) is 65.6 Å². The van der Waals surface area contributed by atoms with Crippen molar-refractivity contribution >= 4 is 51.3 Å². The molecule has 4 aromatic rings. The molecule has 1 aromatic carbocycles. The monoisotopic (exact) mass is 494 g/mol. The van der Waals surface area contributed by atoms with Crippen molar-refractivity contribution in [3.05, 3.63) is 51.4 Å². The van der Waals surface area contributed by atoms with Gasteiger partial charge in [-0.2, -0.15) is 0 Å². The quantitative estimate of drug-likeness (QED) is 0.382. The van der Waals surface area contributed by atoms with Crippen LogP contribution in [0.2, 0.25) is 5.02 Å². The third kappa shape index (κ3) is 3.92. The first kappa shape index (κ1) is 21.8. The Morgan fingerprint density at radius 2 is 1.88 bits per heavy atom. The van der Waals surface area contributed by atoms with Crippen molar-refractivity contribution in [1.82, 2.24) is 24.5 Å². The largest absolute Gasteiger partial charge is 0.340 e. The predicted octanol–water partition coefficient (Wildman–Crippen LogP) is 5.39. The van der Waals surface area contributed by atoms with Gasteiger partial charge in [0.25, 0.3) is 5.91 Å². The standard InChI is InChI=1S/C25H27ClN6OS/c26-18-9-10-19-20(16-18)27-25(32-22(28-29-23(19)32)17-6-2-1-3-7-17)31-12-5-11-30(13-14-31)24(33)21-8-4-15-34-21/h4,8-10,15-17H,1-3,5-7,11-14H2. The second-order valence-corrected chi connectivity index (χ2v) is 10.6. The maximum atomic E-state index is 13.0. The molecule has 1 saturated carbocycles. The van der Waals surface area contributed by atoms with E-state index in [-0.39, 0.29) is 5.91 Å². The summed E-state index contributed by atoms with van der Waals surface area (Å²) < 4.78 is 2.18. The number of hydrogen-bond donors (Lipinski definition) is 0. The minimum atomic E-state index is 0.118. The first-order chi connectivity index (χ1) is 16.7. The summed E-state index contributed by atoms with van der Waals surface area (Å²) in [7, 11) is 0.